The number of aromatic nitrogens is 1. The average Bonchev–Trinajstić information content (AvgIpc) is 2.51. The predicted molar refractivity (Wildman–Crippen MR) is 59.6 cm³/mol. The molecule has 0 aliphatic rings. The van der Waals surface area contributed by atoms with Crippen LogP contribution >= 0.6 is 27.3 Å². The maximum absolute atomic E-state index is 12.8. The Hall–Kier alpha value is -0.940. The van der Waals surface area contributed by atoms with Gasteiger partial charge in [-0.1, -0.05) is 0 Å². The molecule has 0 spiro atoms. The highest BCUT2D eigenvalue weighted by Crippen LogP contribution is 2.30. The molecule has 0 unspecified atom stereocenters. The van der Waals surface area contributed by atoms with Gasteiger partial charge in [-0.05, 0) is 34.1 Å². The number of nitrogens with two attached hydrogens (primary N) is 1. The Bertz CT molecular complexity index is 470. The minimum atomic E-state index is -0.274. The molecule has 0 aliphatic carbocycles. The van der Waals surface area contributed by atoms with Crippen LogP contribution in [0.3, 0.4) is 0 Å². The Morgan fingerprint density at radius 3 is 2.79 bits per heavy atom. The van der Waals surface area contributed by atoms with Crippen LogP contribution in [0.4, 0.5) is 9.52 Å². The predicted octanol–water partition coefficient (Wildman–Crippen LogP) is 3.29. The summed E-state index contributed by atoms with van der Waals surface area (Å²) in [6, 6.07) is 4.48. The van der Waals surface area contributed by atoms with Crippen molar-refractivity contribution in [2.45, 2.75) is 0 Å². The number of thiazole rings is 1. The molecule has 2 N–H and O–H groups in total. The lowest BCUT2D eigenvalue weighted by Gasteiger charge is -1.99. The van der Waals surface area contributed by atoms with Gasteiger partial charge in [0, 0.05) is 15.4 Å². The van der Waals surface area contributed by atoms with E-state index in [0.29, 0.717) is 9.60 Å². The number of hydrogen-bond donors (Lipinski definition) is 1. The number of hydrogen-bond acceptors (Lipinski definition) is 3. The van der Waals surface area contributed by atoms with Gasteiger partial charge >= 0.3 is 0 Å². The molecule has 1 heterocycles. The molecule has 2 aromatic rings. The molecular weight excluding hydrogens is 267 g/mol. The van der Waals surface area contributed by atoms with Crippen LogP contribution in [-0.4, -0.2) is 4.98 Å². The number of nitrogens with zero attached hydrogens (tertiary/aromatic N) is 1. The molecule has 1 aromatic carbocycles. The van der Waals surface area contributed by atoms with E-state index in [1.165, 1.54) is 23.5 Å². The Morgan fingerprint density at radius 1 is 1.43 bits per heavy atom. The number of halogens is 2. The molecule has 2 rings (SSSR count). The number of anilines is 1. The fourth-order valence-electron chi connectivity index (χ4n) is 1.11. The molecule has 0 amide bonds. The van der Waals surface area contributed by atoms with Crippen molar-refractivity contribution in [3.63, 3.8) is 0 Å². The van der Waals surface area contributed by atoms with E-state index in [9.17, 15) is 4.39 Å². The van der Waals surface area contributed by atoms with Crippen molar-refractivity contribution < 1.29 is 4.39 Å². The van der Waals surface area contributed by atoms with Crippen LogP contribution in [0.5, 0.6) is 0 Å². The van der Waals surface area contributed by atoms with E-state index in [4.69, 9.17) is 5.73 Å². The molecular formula is C9H6BrFN2S. The molecule has 5 heteroatoms. The molecule has 0 fully saturated rings. The lowest BCUT2D eigenvalue weighted by Crippen LogP contribution is -1.84. The largest absolute Gasteiger partial charge is 0.375 e. The fourth-order valence-corrected chi connectivity index (χ4v) is 2.23. The first-order chi connectivity index (χ1) is 6.66. The molecule has 14 heavy (non-hydrogen) atoms. The third-order valence-electron chi connectivity index (χ3n) is 1.73. The van der Waals surface area contributed by atoms with Gasteiger partial charge in [0.25, 0.3) is 0 Å². The van der Waals surface area contributed by atoms with E-state index < -0.39 is 0 Å². The van der Waals surface area contributed by atoms with E-state index in [0.717, 1.165) is 11.3 Å². The van der Waals surface area contributed by atoms with Crippen LogP contribution in [0.25, 0.3) is 11.3 Å². The Morgan fingerprint density at radius 2 is 2.21 bits per heavy atom. The van der Waals surface area contributed by atoms with E-state index in [2.05, 4.69) is 20.9 Å². The Balaban J connectivity index is 2.52. The van der Waals surface area contributed by atoms with Crippen molar-refractivity contribution in [3.05, 3.63) is 33.9 Å². The highest BCUT2D eigenvalue weighted by Gasteiger charge is 2.07. The van der Waals surface area contributed by atoms with Gasteiger partial charge in [0.15, 0.2) is 5.13 Å². The van der Waals surface area contributed by atoms with Crippen LogP contribution in [0, 0.1) is 5.82 Å². The SMILES string of the molecule is Nc1nc(-c2ccc(F)cc2Br)cs1. The molecule has 72 valence electrons. The lowest BCUT2D eigenvalue weighted by atomic mass is 10.2. The highest BCUT2D eigenvalue weighted by molar-refractivity contribution is 9.10. The Kier molecular flexibility index (Phi) is 2.52. The van der Waals surface area contributed by atoms with E-state index in [1.807, 2.05) is 5.38 Å². The molecule has 0 saturated heterocycles. The summed E-state index contributed by atoms with van der Waals surface area (Å²) in [5.41, 5.74) is 7.12. The maximum atomic E-state index is 12.8. The van der Waals surface area contributed by atoms with Gasteiger partial charge in [-0.25, -0.2) is 9.37 Å². The molecule has 2 nitrogen and oxygen atoms in total. The topological polar surface area (TPSA) is 38.9 Å². The quantitative estimate of drug-likeness (QED) is 0.865. The molecule has 0 bridgehead atoms. The first kappa shape index (κ1) is 9.61. The van der Waals surface area contributed by atoms with Crippen molar-refractivity contribution >= 4 is 32.4 Å². The summed E-state index contributed by atoms with van der Waals surface area (Å²) in [5, 5.41) is 2.35. The van der Waals surface area contributed by atoms with Gasteiger partial charge in [-0.3, -0.25) is 0 Å². The van der Waals surface area contributed by atoms with Gasteiger partial charge in [0.05, 0.1) is 5.69 Å². The second kappa shape index (κ2) is 3.67. The van der Waals surface area contributed by atoms with Crippen molar-refractivity contribution in [2.75, 3.05) is 5.73 Å². The van der Waals surface area contributed by atoms with Crippen LogP contribution in [0.2, 0.25) is 0 Å². The monoisotopic (exact) mass is 272 g/mol. The summed E-state index contributed by atoms with van der Waals surface area (Å²) in [4.78, 5) is 4.12. The number of benzene rings is 1. The summed E-state index contributed by atoms with van der Waals surface area (Å²) < 4.78 is 13.5. The number of nitrogen functional groups attached to an aromatic ring is 1. The first-order valence-corrected chi connectivity index (χ1v) is 5.50. The standard InChI is InChI=1S/C9H6BrFN2S/c10-7-3-5(11)1-2-6(7)8-4-14-9(12)13-8/h1-4H,(H2,12,13). The van der Waals surface area contributed by atoms with Gasteiger partial charge < -0.3 is 5.73 Å². The Labute approximate surface area is 92.7 Å². The molecule has 0 radical (unpaired) electrons. The van der Waals surface area contributed by atoms with Gasteiger partial charge in [-0.2, -0.15) is 0 Å². The van der Waals surface area contributed by atoms with E-state index in [-0.39, 0.29) is 5.82 Å². The highest BCUT2D eigenvalue weighted by atomic mass is 79.9. The smallest absolute Gasteiger partial charge is 0.180 e. The minimum absolute atomic E-state index is 0.274. The van der Waals surface area contributed by atoms with E-state index >= 15 is 0 Å². The van der Waals surface area contributed by atoms with Crippen molar-refractivity contribution in [2.24, 2.45) is 0 Å². The second-order valence-electron chi connectivity index (χ2n) is 2.70. The summed E-state index contributed by atoms with van der Waals surface area (Å²) >= 11 is 4.64. The molecule has 0 aliphatic heterocycles. The maximum Gasteiger partial charge on any atom is 0.180 e. The van der Waals surface area contributed by atoms with Gasteiger partial charge in [-0.15, -0.1) is 11.3 Å². The van der Waals surface area contributed by atoms with Crippen molar-refractivity contribution in [1.82, 2.24) is 4.98 Å². The van der Waals surface area contributed by atoms with E-state index in [1.54, 1.807) is 6.07 Å². The summed E-state index contributed by atoms with van der Waals surface area (Å²) in [7, 11) is 0. The van der Waals surface area contributed by atoms with Gasteiger partial charge in [0.2, 0.25) is 0 Å². The first-order valence-electron chi connectivity index (χ1n) is 3.83. The zero-order valence-corrected chi connectivity index (χ0v) is 9.40. The molecule has 0 atom stereocenters. The van der Waals surface area contributed by atoms with Crippen molar-refractivity contribution in [3.8, 4) is 11.3 Å². The second-order valence-corrected chi connectivity index (χ2v) is 4.44. The molecule has 0 saturated carbocycles. The van der Waals surface area contributed by atoms with Crippen LogP contribution < -0.4 is 5.73 Å². The summed E-state index contributed by atoms with van der Waals surface area (Å²) in [5.74, 6) is -0.274. The van der Waals surface area contributed by atoms with Crippen molar-refractivity contribution in [1.29, 1.82) is 0 Å². The molecule has 1 aromatic heterocycles. The van der Waals surface area contributed by atoms with Crippen LogP contribution in [-0.2, 0) is 0 Å². The fraction of sp³-hybridized carbons (Fsp3) is 0. The van der Waals surface area contributed by atoms with Crippen LogP contribution in [0.15, 0.2) is 28.1 Å². The normalized spacial score (nSPS) is 10.4. The summed E-state index contributed by atoms with van der Waals surface area (Å²) in [6.45, 7) is 0. The number of rotatable bonds is 1. The van der Waals surface area contributed by atoms with Gasteiger partial charge in [0.1, 0.15) is 5.82 Å². The zero-order chi connectivity index (χ0) is 10.1. The third kappa shape index (κ3) is 1.78. The minimum Gasteiger partial charge on any atom is -0.375 e. The van der Waals surface area contributed by atoms with Crippen LogP contribution in [0.1, 0.15) is 0 Å². The summed E-state index contributed by atoms with van der Waals surface area (Å²) in [6.07, 6.45) is 0. The third-order valence-corrected chi connectivity index (χ3v) is 3.06. The zero-order valence-electron chi connectivity index (χ0n) is 7.00. The average molecular weight is 273 g/mol. The lowest BCUT2D eigenvalue weighted by molar-refractivity contribution is 0.627.